The van der Waals surface area contributed by atoms with E-state index >= 15 is 0 Å². The molecular weight excluding hydrogens is 542 g/mol. The molecule has 0 aliphatic carbocycles. The van der Waals surface area contributed by atoms with Crippen LogP contribution in [0.1, 0.15) is 12.5 Å². The second kappa shape index (κ2) is 13.4. The molecule has 10 nitrogen and oxygen atoms in total. The van der Waals surface area contributed by atoms with E-state index in [1.165, 1.54) is 18.0 Å². The Morgan fingerprint density at radius 2 is 1.85 bits per heavy atom. The van der Waals surface area contributed by atoms with Crippen molar-refractivity contribution in [1.29, 1.82) is 0 Å². The zero-order valence-electron chi connectivity index (χ0n) is 20.8. The molecule has 0 aliphatic rings. The van der Waals surface area contributed by atoms with Gasteiger partial charge in [0.1, 0.15) is 23.8 Å². The van der Waals surface area contributed by atoms with Crippen LogP contribution in [0, 0.1) is 0 Å². The molecule has 0 saturated heterocycles. The van der Waals surface area contributed by atoms with Gasteiger partial charge in [-0.2, -0.15) is 9.67 Å². The maximum absolute atomic E-state index is 12.5. The minimum Gasteiger partial charge on any atom is -0.546 e. The minimum atomic E-state index is -1.34. The molecule has 0 saturated carbocycles. The van der Waals surface area contributed by atoms with Crippen molar-refractivity contribution in [3.8, 4) is 28.6 Å². The van der Waals surface area contributed by atoms with Gasteiger partial charge in [0.05, 0.1) is 35.2 Å². The number of aromatic nitrogens is 3. The van der Waals surface area contributed by atoms with Crippen LogP contribution in [0.3, 0.4) is 0 Å². The first-order valence-corrected chi connectivity index (χ1v) is 13.2. The van der Waals surface area contributed by atoms with Crippen LogP contribution in [0.2, 0.25) is 5.02 Å². The standard InChI is InChI=1S/C27H24ClN5O5S/c1-2-37-22-13-11-21(12-14-22)33-26(18-7-9-20(28)10-8-18)31-32-27(33)39-17-24(34)30-29-15-19-5-3-4-6-23(19)38-16-25(35)36/h3-15H,2,16-17H2,1H3,(H2,30,34,35,36). The number of ether oxygens (including phenoxy) is 2. The third kappa shape index (κ3) is 7.59. The number of hydrogen-bond donors (Lipinski definition) is 2. The predicted molar refractivity (Wildman–Crippen MR) is 145 cm³/mol. The molecular formula is C27H24ClN5O5S. The number of carboxylic acid groups (broad SMARTS) is 1. The van der Waals surface area contributed by atoms with Crippen molar-refractivity contribution in [3.63, 3.8) is 0 Å². The van der Waals surface area contributed by atoms with Crippen molar-refractivity contribution in [1.82, 2.24) is 15.6 Å². The summed E-state index contributed by atoms with van der Waals surface area (Å²) in [6.45, 7) is 1.89. The fourth-order valence-electron chi connectivity index (χ4n) is 3.48. The molecule has 12 heteroatoms. The van der Waals surface area contributed by atoms with Gasteiger partial charge in [-0.1, -0.05) is 23.7 Å². The highest BCUT2D eigenvalue weighted by Gasteiger charge is 2.24. The Morgan fingerprint density at radius 1 is 1.10 bits per heavy atom. The lowest BCUT2D eigenvalue weighted by atomic mass is 10.2. The van der Waals surface area contributed by atoms with Crippen LogP contribution in [-0.4, -0.2) is 47.3 Å². The molecule has 3 aromatic carbocycles. The quantitative estimate of drug-likeness (QED) is 0.117. The number of halogens is 1. The molecule has 0 aliphatic heterocycles. The number of aliphatic carboxylic acids is 1. The molecule has 2 N–H and O–H groups in total. The topological polar surface area (TPSA) is 133 Å². The molecule has 39 heavy (non-hydrogen) atoms. The fraction of sp³-hybridized carbons (Fsp3) is 0.148. The molecule has 1 aromatic heterocycles. The third-order valence-corrected chi connectivity index (χ3v) is 6.38. The number of para-hydroxylation sites is 1. The average molecular weight is 566 g/mol. The SMILES string of the molecule is CCOc1ccc(-[n+]2c(SCC(=O)NN=Cc3ccccc3OCC(=O)[O-])n[nH]c2-c2ccc(Cl)cc2)cc1. The summed E-state index contributed by atoms with van der Waals surface area (Å²) in [5.74, 6) is 0.0890. The Balaban J connectivity index is 1.48. The monoisotopic (exact) mass is 565 g/mol. The van der Waals surface area contributed by atoms with Gasteiger partial charge in [0.15, 0.2) is 0 Å². The summed E-state index contributed by atoms with van der Waals surface area (Å²) >= 11 is 7.30. The number of carbonyl (C=O) groups is 2. The summed E-state index contributed by atoms with van der Waals surface area (Å²) in [4.78, 5) is 23.2. The zero-order valence-corrected chi connectivity index (χ0v) is 22.4. The van der Waals surface area contributed by atoms with Crippen molar-refractivity contribution < 1.29 is 28.7 Å². The van der Waals surface area contributed by atoms with E-state index in [0.29, 0.717) is 33.9 Å². The van der Waals surface area contributed by atoms with Crippen molar-refractivity contribution >= 4 is 41.5 Å². The first kappa shape index (κ1) is 27.7. The molecule has 0 radical (unpaired) electrons. The first-order valence-electron chi connectivity index (χ1n) is 11.8. The number of rotatable bonds is 12. The maximum atomic E-state index is 12.5. The van der Waals surface area contributed by atoms with Crippen LogP contribution in [0.5, 0.6) is 11.5 Å². The molecule has 0 fully saturated rings. The highest BCUT2D eigenvalue weighted by atomic mass is 35.5. The van der Waals surface area contributed by atoms with Crippen LogP contribution in [-0.2, 0) is 9.59 Å². The normalized spacial score (nSPS) is 10.9. The Morgan fingerprint density at radius 3 is 2.56 bits per heavy atom. The van der Waals surface area contributed by atoms with Gasteiger partial charge in [-0.15, -0.1) is 5.10 Å². The number of carbonyl (C=O) groups excluding carboxylic acids is 2. The predicted octanol–water partition coefficient (Wildman–Crippen LogP) is 2.78. The summed E-state index contributed by atoms with van der Waals surface area (Å²) in [7, 11) is 0. The first-order chi connectivity index (χ1) is 18.9. The van der Waals surface area contributed by atoms with Gasteiger partial charge in [-0.05, 0) is 79.3 Å². The van der Waals surface area contributed by atoms with E-state index in [-0.39, 0.29) is 11.7 Å². The number of amides is 1. The van der Waals surface area contributed by atoms with E-state index in [1.54, 1.807) is 36.4 Å². The van der Waals surface area contributed by atoms with E-state index in [2.05, 4.69) is 20.7 Å². The number of benzene rings is 3. The lowest BCUT2D eigenvalue weighted by molar-refractivity contribution is -0.625. The molecule has 0 spiro atoms. The van der Waals surface area contributed by atoms with Gasteiger partial charge < -0.3 is 19.4 Å². The smallest absolute Gasteiger partial charge is 0.342 e. The van der Waals surface area contributed by atoms with Crippen molar-refractivity contribution in [2.45, 2.75) is 12.1 Å². The summed E-state index contributed by atoms with van der Waals surface area (Å²) < 4.78 is 12.7. The molecule has 0 bridgehead atoms. The van der Waals surface area contributed by atoms with Gasteiger partial charge in [-0.25, -0.2) is 5.43 Å². The van der Waals surface area contributed by atoms with Gasteiger partial charge in [-0.3, -0.25) is 4.79 Å². The van der Waals surface area contributed by atoms with Crippen LogP contribution < -0.4 is 24.6 Å². The zero-order chi connectivity index (χ0) is 27.6. The van der Waals surface area contributed by atoms with Gasteiger partial charge in [0.2, 0.25) is 0 Å². The number of thioether (sulfide) groups is 1. The highest BCUT2D eigenvalue weighted by molar-refractivity contribution is 7.99. The lowest BCUT2D eigenvalue weighted by Crippen LogP contribution is -2.34. The highest BCUT2D eigenvalue weighted by Crippen LogP contribution is 2.23. The van der Waals surface area contributed by atoms with E-state index in [4.69, 9.17) is 21.1 Å². The second-order valence-electron chi connectivity index (χ2n) is 7.90. The van der Waals surface area contributed by atoms with E-state index < -0.39 is 12.6 Å². The maximum Gasteiger partial charge on any atom is 0.342 e. The summed E-state index contributed by atoms with van der Waals surface area (Å²) in [5.41, 5.74) is 4.65. The minimum absolute atomic E-state index is 0.0299. The van der Waals surface area contributed by atoms with Crippen molar-refractivity contribution in [2.75, 3.05) is 19.0 Å². The van der Waals surface area contributed by atoms with Gasteiger partial charge >= 0.3 is 5.16 Å². The summed E-state index contributed by atoms with van der Waals surface area (Å²) in [5, 5.41) is 23.3. The van der Waals surface area contributed by atoms with E-state index in [1.807, 2.05) is 47.9 Å². The molecule has 1 amide bonds. The molecule has 200 valence electrons. The Kier molecular flexibility index (Phi) is 9.54. The van der Waals surface area contributed by atoms with Crippen LogP contribution >= 0.6 is 23.4 Å². The van der Waals surface area contributed by atoms with Crippen LogP contribution in [0.15, 0.2) is 83.1 Å². The summed E-state index contributed by atoms with van der Waals surface area (Å²) in [6.07, 6.45) is 1.38. The second-order valence-corrected chi connectivity index (χ2v) is 9.28. The Labute approximate surface area is 233 Å². The Hall–Kier alpha value is -4.35. The van der Waals surface area contributed by atoms with E-state index in [9.17, 15) is 14.7 Å². The van der Waals surface area contributed by atoms with E-state index in [0.717, 1.165) is 17.0 Å². The number of aromatic amines is 1. The van der Waals surface area contributed by atoms with Crippen LogP contribution in [0.25, 0.3) is 17.1 Å². The van der Waals surface area contributed by atoms with Crippen molar-refractivity contribution in [3.05, 3.63) is 83.4 Å². The number of hydrazone groups is 1. The molecule has 4 rings (SSSR count). The number of H-pyrrole nitrogens is 1. The largest absolute Gasteiger partial charge is 0.546 e. The number of nitrogens with one attached hydrogen (secondary N) is 2. The third-order valence-electron chi connectivity index (χ3n) is 5.19. The lowest BCUT2D eigenvalue weighted by Gasteiger charge is -2.09. The summed E-state index contributed by atoms with van der Waals surface area (Å²) in [6, 6.07) is 21.6. The van der Waals surface area contributed by atoms with Gasteiger partial charge in [0.25, 0.3) is 11.7 Å². The van der Waals surface area contributed by atoms with Gasteiger partial charge in [0, 0.05) is 10.6 Å². The van der Waals surface area contributed by atoms with Crippen molar-refractivity contribution in [2.24, 2.45) is 5.10 Å². The fourth-order valence-corrected chi connectivity index (χ4v) is 4.37. The number of hydrogen-bond acceptors (Lipinski definition) is 8. The number of nitrogens with zero attached hydrogens (tertiary/aromatic N) is 3. The molecule has 4 aromatic rings. The Bertz CT molecular complexity index is 1460. The molecule has 0 atom stereocenters. The number of carboxylic acids is 1. The molecule has 1 heterocycles. The van der Waals surface area contributed by atoms with Crippen LogP contribution in [0.4, 0.5) is 0 Å². The molecule has 0 unspecified atom stereocenters. The average Bonchev–Trinajstić information content (AvgIpc) is 3.36.